The molecule has 1 amide bonds. The summed E-state index contributed by atoms with van der Waals surface area (Å²) in [7, 11) is 6.61. The highest BCUT2D eigenvalue weighted by molar-refractivity contribution is 8.21. The zero-order chi connectivity index (χ0) is 14.5. The van der Waals surface area contributed by atoms with Crippen molar-refractivity contribution in [2.75, 3.05) is 5.32 Å². The number of nitrogens with one attached hydrogen (secondary N) is 1. The molecule has 104 valence electrons. The second-order valence-electron chi connectivity index (χ2n) is 3.47. The Kier molecular flexibility index (Phi) is 4.94. The van der Waals surface area contributed by atoms with Crippen LogP contribution in [0.5, 0.6) is 0 Å². The lowest BCUT2D eigenvalue weighted by molar-refractivity contribution is -0.110. The van der Waals surface area contributed by atoms with Gasteiger partial charge in [0.05, 0.1) is 6.20 Å². The maximum absolute atomic E-state index is 12.8. The highest BCUT2D eigenvalue weighted by Gasteiger charge is 2.16. The SMILES string of the molecule is O=C(Nc1ncc(F)s1)/C(=N/O)c1ccc(SCl)cc1. The number of thiazole rings is 1. The van der Waals surface area contributed by atoms with E-state index >= 15 is 0 Å². The van der Waals surface area contributed by atoms with Crippen molar-refractivity contribution >= 4 is 49.7 Å². The lowest BCUT2D eigenvalue weighted by Gasteiger charge is -2.04. The smallest absolute Gasteiger partial charge is 0.280 e. The molecule has 2 aromatic rings. The average molecular weight is 332 g/mol. The van der Waals surface area contributed by atoms with Crippen molar-refractivity contribution in [3.05, 3.63) is 41.2 Å². The molecule has 0 saturated heterocycles. The molecule has 0 bridgehead atoms. The van der Waals surface area contributed by atoms with Crippen molar-refractivity contribution in [3.8, 4) is 0 Å². The third-order valence-electron chi connectivity index (χ3n) is 2.23. The third kappa shape index (κ3) is 3.47. The summed E-state index contributed by atoms with van der Waals surface area (Å²) >= 11 is 0.678. The Labute approximate surface area is 126 Å². The summed E-state index contributed by atoms with van der Waals surface area (Å²) in [5, 5.41) is 13.8. The Morgan fingerprint density at radius 3 is 2.65 bits per heavy atom. The van der Waals surface area contributed by atoms with E-state index in [0.717, 1.165) is 22.1 Å². The number of benzene rings is 1. The molecule has 1 aromatic heterocycles. The minimum Gasteiger partial charge on any atom is -0.410 e. The molecule has 0 unspecified atom stereocenters. The van der Waals surface area contributed by atoms with Gasteiger partial charge in [-0.05, 0) is 33.8 Å². The van der Waals surface area contributed by atoms with Gasteiger partial charge in [0.15, 0.2) is 16.0 Å². The molecular formula is C11H7ClFN3O2S2. The standard InChI is InChI=1S/C11H7ClFN3O2S2/c12-20-7-3-1-6(2-4-7)9(16-18)10(17)15-11-14-5-8(13)19-11/h1-5,18H,(H,14,15,17)/b16-9+. The number of hydrogen-bond acceptors (Lipinski definition) is 6. The molecule has 9 heteroatoms. The molecule has 0 aliphatic rings. The third-order valence-corrected chi connectivity index (χ3v) is 3.92. The maximum Gasteiger partial charge on any atom is 0.280 e. The van der Waals surface area contributed by atoms with Crippen LogP contribution < -0.4 is 5.32 Å². The molecule has 0 radical (unpaired) electrons. The zero-order valence-electron chi connectivity index (χ0n) is 9.71. The number of oxime groups is 1. The number of aromatic nitrogens is 1. The number of carbonyl (C=O) groups is 1. The van der Waals surface area contributed by atoms with Crippen LogP contribution in [0.4, 0.5) is 9.52 Å². The average Bonchev–Trinajstić information content (AvgIpc) is 2.85. The lowest BCUT2D eigenvalue weighted by atomic mass is 10.1. The number of carbonyl (C=O) groups excluding carboxylic acids is 1. The van der Waals surface area contributed by atoms with Gasteiger partial charge in [-0.3, -0.25) is 10.1 Å². The fourth-order valence-electron chi connectivity index (χ4n) is 1.37. The molecule has 0 aliphatic carbocycles. The molecule has 2 rings (SSSR count). The lowest BCUT2D eigenvalue weighted by Crippen LogP contribution is -2.23. The van der Waals surface area contributed by atoms with Gasteiger partial charge in [0, 0.05) is 10.5 Å². The Morgan fingerprint density at radius 1 is 1.45 bits per heavy atom. The van der Waals surface area contributed by atoms with Gasteiger partial charge >= 0.3 is 0 Å². The molecule has 1 aromatic carbocycles. The van der Waals surface area contributed by atoms with Gasteiger partial charge in [-0.25, -0.2) is 4.98 Å². The summed E-state index contributed by atoms with van der Waals surface area (Å²) in [6.07, 6.45) is 0.989. The Hall–Kier alpha value is -1.64. The molecule has 0 atom stereocenters. The molecule has 1 heterocycles. The molecular weight excluding hydrogens is 325 g/mol. The van der Waals surface area contributed by atoms with Crippen LogP contribution in [0.3, 0.4) is 0 Å². The monoisotopic (exact) mass is 331 g/mol. The highest BCUT2D eigenvalue weighted by atomic mass is 35.7. The van der Waals surface area contributed by atoms with Gasteiger partial charge in [0.1, 0.15) is 0 Å². The molecule has 0 saturated carbocycles. The molecule has 5 nitrogen and oxygen atoms in total. The van der Waals surface area contributed by atoms with Crippen LogP contribution in [0.25, 0.3) is 0 Å². The first kappa shape index (κ1) is 14.8. The van der Waals surface area contributed by atoms with Gasteiger partial charge in [0.2, 0.25) is 0 Å². The van der Waals surface area contributed by atoms with Gasteiger partial charge in [0.25, 0.3) is 5.91 Å². The summed E-state index contributed by atoms with van der Waals surface area (Å²) in [6.45, 7) is 0. The predicted octanol–water partition coefficient (Wildman–Crippen LogP) is 3.35. The number of nitrogens with zero attached hydrogens (tertiary/aromatic N) is 2. The first-order valence-electron chi connectivity index (χ1n) is 5.18. The number of rotatable bonds is 4. The number of hydrogen-bond donors (Lipinski definition) is 2. The van der Waals surface area contributed by atoms with E-state index in [1.54, 1.807) is 24.3 Å². The maximum atomic E-state index is 12.8. The van der Waals surface area contributed by atoms with Crippen molar-refractivity contribution in [2.45, 2.75) is 4.90 Å². The van der Waals surface area contributed by atoms with Crippen LogP contribution in [-0.2, 0) is 4.79 Å². The van der Waals surface area contributed by atoms with Crippen LogP contribution in [0.15, 0.2) is 40.5 Å². The first-order valence-corrected chi connectivity index (χ1v) is 7.63. The van der Waals surface area contributed by atoms with Crippen LogP contribution in [0.1, 0.15) is 5.56 Å². The first-order chi connectivity index (χ1) is 9.63. The van der Waals surface area contributed by atoms with E-state index in [1.165, 1.54) is 0 Å². The zero-order valence-corrected chi connectivity index (χ0v) is 12.1. The molecule has 0 aliphatic heterocycles. The largest absolute Gasteiger partial charge is 0.410 e. The fraction of sp³-hybridized carbons (Fsp3) is 0. The second-order valence-corrected chi connectivity index (χ2v) is 5.54. The van der Waals surface area contributed by atoms with E-state index in [4.69, 9.17) is 15.9 Å². The summed E-state index contributed by atoms with van der Waals surface area (Å²) in [4.78, 5) is 16.4. The van der Waals surface area contributed by atoms with Crippen LogP contribution in [0.2, 0.25) is 0 Å². The highest BCUT2D eigenvalue weighted by Crippen LogP contribution is 2.22. The van der Waals surface area contributed by atoms with E-state index in [-0.39, 0.29) is 10.8 Å². The van der Waals surface area contributed by atoms with Crippen molar-refractivity contribution in [1.82, 2.24) is 4.98 Å². The Balaban J connectivity index is 2.16. The van der Waals surface area contributed by atoms with Crippen molar-refractivity contribution in [1.29, 1.82) is 0 Å². The van der Waals surface area contributed by atoms with E-state index in [0.29, 0.717) is 16.9 Å². The summed E-state index contributed by atoms with van der Waals surface area (Å²) in [5.74, 6) is -0.687. The summed E-state index contributed by atoms with van der Waals surface area (Å²) in [6, 6.07) is 6.52. The minimum absolute atomic E-state index is 0.0848. The molecule has 2 N–H and O–H groups in total. The quantitative estimate of drug-likeness (QED) is 0.512. The number of amides is 1. The van der Waals surface area contributed by atoms with Crippen LogP contribution >= 0.6 is 33.0 Å². The van der Waals surface area contributed by atoms with Crippen molar-refractivity contribution in [2.24, 2.45) is 5.16 Å². The van der Waals surface area contributed by atoms with E-state index in [2.05, 4.69) is 15.5 Å². The van der Waals surface area contributed by atoms with Crippen LogP contribution in [0, 0.1) is 5.13 Å². The minimum atomic E-state index is -0.687. The van der Waals surface area contributed by atoms with Crippen molar-refractivity contribution in [3.63, 3.8) is 0 Å². The fourth-order valence-corrected chi connectivity index (χ4v) is 2.45. The van der Waals surface area contributed by atoms with E-state index in [1.807, 2.05) is 0 Å². The van der Waals surface area contributed by atoms with E-state index in [9.17, 15) is 9.18 Å². The summed E-state index contributed by atoms with van der Waals surface area (Å²) in [5.41, 5.74) is 0.197. The van der Waals surface area contributed by atoms with Gasteiger partial charge in [-0.2, -0.15) is 4.39 Å². The predicted molar refractivity (Wildman–Crippen MR) is 77.2 cm³/mol. The van der Waals surface area contributed by atoms with Gasteiger partial charge < -0.3 is 5.21 Å². The second kappa shape index (κ2) is 6.69. The van der Waals surface area contributed by atoms with Crippen molar-refractivity contribution < 1.29 is 14.4 Å². The number of halogens is 2. The Bertz CT molecular complexity index is 645. The Morgan fingerprint density at radius 2 is 2.15 bits per heavy atom. The molecule has 0 spiro atoms. The number of anilines is 1. The normalized spacial score (nSPS) is 11.4. The van der Waals surface area contributed by atoms with Gasteiger partial charge in [-0.1, -0.05) is 28.6 Å². The molecule has 20 heavy (non-hydrogen) atoms. The topological polar surface area (TPSA) is 74.6 Å². The van der Waals surface area contributed by atoms with Gasteiger partial charge in [-0.15, -0.1) is 0 Å². The summed E-state index contributed by atoms with van der Waals surface area (Å²) < 4.78 is 12.8. The van der Waals surface area contributed by atoms with Crippen LogP contribution in [-0.4, -0.2) is 21.8 Å². The molecule has 0 fully saturated rings. The van der Waals surface area contributed by atoms with E-state index < -0.39 is 11.0 Å².